The molecule has 2 heterocycles. The highest BCUT2D eigenvalue weighted by atomic mass is 19.3. The number of aromatic nitrogens is 1. The zero-order valence-electron chi connectivity index (χ0n) is 31.8. The van der Waals surface area contributed by atoms with Crippen molar-refractivity contribution in [3.63, 3.8) is 0 Å². The number of fused-ring (bicyclic) bond motifs is 2. The van der Waals surface area contributed by atoms with Crippen molar-refractivity contribution in [2.24, 2.45) is 0 Å². The summed E-state index contributed by atoms with van der Waals surface area (Å²) in [5.41, 5.74) is -6.90. The number of carbonyl (C=O) groups excluding carboxylic acids is 1. The second-order valence-corrected chi connectivity index (χ2v) is 9.13. The van der Waals surface area contributed by atoms with Gasteiger partial charge in [0.05, 0.1) is 38.3 Å². The van der Waals surface area contributed by atoms with Gasteiger partial charge in [0.1, 0.15) is 11.6 Å². The first-order valence-electron chi connectivity index (χ1n) is 17.1. The van der Waals surface area contributed by atoms with Gasteiger partial charge >= 0.3 is 6.29 Å². The highest BCUT2D eigenvalue weighted by Crippen LogP contribution is 2.52. The lowest BCUT2D eigenvalue weighted by molar-refractivity contribution is -0.286. The number of ether oxygens (including phenoxy) is 2. The summed E-state index contributed by atoms with van der Waals surface area (Å²) < 4.78 is 153. The number of alkyl halides is 2. The Morgan fingerprint density at radius 3 is 2.65 bits per heavy atom. The van der Waals surface area contributed by atoms with Gasteiger partial charge in [-0.1, -0.05) is 26.8 Å². The summed E-state index contributed by atoms with van der Waals surface area (Å²) in [6, 6.07) is -0.652. The van der Waals surface area contributed by atoms with Gasteiger partial charge < -0.3 is 24.3 Å². The summed E-state index contributed by atoms with van der Waals surface area (Å²) in [5, 5.41) is 20.0. The van der Waals surface area contributed by atoms with Crippen LogP contribution in [-0.2, 0) is 28.5 Å². The number of Topliss-reactive ketones (excluding diaryl/α,β-unsaturated/α-hetero) is 1. The van der Waals surface area contributed by atoms with E-state index in [0.717, 1.165) is 6.07 Å². The van der Waals surface area contributed by atoms with Crippen LogP contribution in [0.15, 0.2) is 36.3 Å². The topological polar surface area (TPSA) is 80.9 Å². The van der Waals surface area contributed by atoms with Crippen molar-refractivity contribution in [2.45, 2.75) is 76.0 Å². The smallest absolute Gasteiger partial charge is 0.395 e. The maximum atomic E-state index is 15.9. The molecule has 3 aromatic rings. The Kier molecular flexibility index (Phi) is 3.50. The van der Waals surface area contributed by atoms with Gasteiger partial charge in [-0.2, -0.15) is 0 Å². The molecule has 0 saturated heterocycles. The molecule has 1 saturated carbocycles. The van der Waals surface area contributed by atoms with Crippen molar-refractivity contribution >= 4 is 16.7 Å². The zero-order chi connectivity index (χ0) is 37.5. The molecule has 1 aliphatic carbocycles. The molecule has 1 fully saturated rings. The highest BCUT2D eigenvalue weighted by molar-refractivity contribution is 5.95. The fraction of sp³-hybridized carbons (Fsp3) is 0.464. The van der Waals surface area contributed by atoms with Crippen molar-refractivity contribution in [1.29, 1.82) is 0 Å². The van der Waals surface area contributed by atoms with Crippen molar-refractivity contribution in [2.75, 3.05) is 6.61 Å². The number of carbonyl (C=O) groups is 1. The third-order valence-corrected chi connectivity index (χ3v) is 6.33. The number of benzene rings is 2. The van der Waals surface area contributed by atoms with Crippen LogP contribution < -0.4 is 9.47 Å². The third-order valence-electron chi connectivity index (χ3n) is 6.33. The zero-order valence-corrected chi connectivity index (χ0v) is 19.8. The predicted molar refractivity (Wildman–Crippen MR) is 131 cm³/mol. The van der Waals surface area contributed by atoms with E-state index in [9.17, 15) is 23.8 Å². The molecule has 9 heteroatoms. The maximum absolute atomic E-state index is 15.9. The molecule has 2 aliphatic rings. The number of aliphatic hydroxyl groups excluding tert-OH is 1. The number of hydrogen-bond acceptors (Lipinski definition) is 5. The van der Waals surface area contributed by atoms with Gasteiger partial charge in [0.2, 0.25) is 0 Å². The molecular weight excluding hydrogens is 487 g/mol. The Bertz CT molecular complexity index is 1910. The van der Waals surface area contributed by atoms with E-state index in [2.05, 4.69) is 9.47 Å². The van der Waals surface area contributed by atoms with Gasteiger partial charge in [-0.3, -0.25) is 4.79 Å². The lowest BCUT2D eigenvalue weighted by Crippen LogP contribution is -2.26. The maximum Gasteiger partial charge on any atom is 0.586 e. The summed E-state index contributed by atoms with van der Waals surface area (Å²) in [5.74, 6) is -4.89. The molecule has 1 aliphatic heterocycles. The van der Waals surface area contributed by atoms with Crippen LogP contribution in [0.2, 0.25) is 0 Å². The number of halogens is 3. The highest BCUT2D eigenvalue weighted by Gasteiger charge is 2.52. The van der Waals surface area contributed by atoms with Crippen molar-refractivity contribution in [3.05, 3.63) is 59.0 Å². The number of rotatable bonds is 9. The van der Waals surface area contributed by atoms with Crippen LogP contribution in [0.3, 0.4) is 0 Å². The molecule has 0 spiro atoms. The molecule has 1 atom stereocenters. The van der Waals surface area contributed by atoms with Crippen LogP contribution >= 0.6 is 0 Å². The van der Waals surface area contributed by atoms with Crippen LogP contribution in [0.25, 0.3) is 10.9 Å². The molecule has 2 N–H and O–H groups in total. The summed E-state index contributed by atoms with van der Waals surface area (Å²) >= 11 is 0. The molecule has 198 valence electrons. The van der Waals surface area contributed by atoms with Gasteiger partial charge in [0, 0.05) is 31.1 Å². The van der Waals surface area contributed by atoms with Crippen molar-refractivity contribution in [1.82, 2.24) is 4.57 Å². The second kappa shape index (κ2) is 8.77. The van der Waals surface area contributed by atoms with E-state index in [1.165, 1.54) is 26.8 Å². The van der Waals surface area contributed by atoms with E-state index in [1.807, 2.05) is 0 Å². The first kappa shape index (κ1) is 14.8. The van der Waals surface area contributed by atoms with Crippen LogP contribution in [0.1, 0.15) is 73.2 Å². The van der Waals surface area contributed by atoms with E-state index in [0.29, 0.717) is 10.6 Å². The Morgan fingerprint density at radius 1 is 1.30 bits per heavy atom. The summed E-state index contributed by atoms with van der Waals surface area (Å²) in [6.45, 7) is -0.722. The van der Waals surface area contributed by atoms with Gasteiger partial charge in [0.25, 0.3) is 0 Å². The Balaban J connectivity index is 1.71. The van der Waals surface area contributed by atoms with Crippen LogP contribution in [0, 0.1) is 5.82 Å². The lowest BCUT2D eigenvalue weighted by Gasteiger charge is -2.26. The minimum absolute atomic E-state index is 0.0777. The average molecular weight is 530 g/mol. The van der Waals surface area contributed by atoms with Crippen molar-refractivity contribution < 1.29 is 54.1 Å². The molecular formula is C28H30F3NO5. The SMILES string of the molecule is [2H]c1c([2H])c(C2(C(=O)Cc3cc4cc(C(C)(C)C([2H])([2H])C)n(C([2H])([2H])[C@@]([2H])(O)CO)c4cc3F)C([2H])([2H])C2([2H])[2H])c([2H])c2c1OC(F)(F)O2. The minimum atomic E-state index is -4.39. The van der Waals surface area contributed by atoms with Crippen LogP contribution in [-0.4, -0.2) is 39.5 Å². The van der Waals surface area contributed by atoms with E-state index >= 15 is 4.39 Å². The Labute approximate surface area is 229 Å². The van der Waals surface area contributed by atoms with Crippen molar-refractivity contribution in [3.8, 4) is 11.5 Å². The molecule has 6 nitrogen and oxygen atoms in total. The second-order valence-electron chi connectivity index (χ2n) is 9.13. The largest absolute Gasteiger partial charge is 0.586 e. The van der Waals surface area contributed by atoms with Crippen LogP contribution in [0.5, 0.6) is 11.5 Å². The quantitative estimate of drug-likeness (QED) is 0.409. The number of aliphatic hydroxyl groups is 2. The van der Waals surface area contributed by atoms with E-state index < -0.39 is 114 Å². The molecule has 0 bridgehead atoms. The molecule has 0 unspecified atom stereocenters. The molecule has 2 aromatic carbocycles. The Hall–Kier alpha value is -3.04. The van der Waals surface area contributed by atoms with Gasteiger partial charge in [0.15, 0.2) is 11.5 Å². The monoisotopic (exact) mass is 529 g/mol. The molecule has 1 aromatic heterocycles. The first-order valence-corrected chi connectivity index (χ1v) is 11.1. The van der Waals surface area contributed by atoms with Gasteiger partial charge in [-0.05, 0) is 60.5 Å². The van der Waals surface area contributed by atoms with E-state index in [1.54, 1.807) is 0 Å². The fourth-order valence-corrected chi connectivity index (χ4v) is 4.03. The standard InChI is InChI=1S/C28H30F3NO5/c1-4-26(2,3)24-10-17-9-16(20(29)13-21(17)32(24)14-19(34)15-33)11-25(35)27(7-8-27)18-5-6-22-23(12-18)37-28(30,31)36-22/h5-6,9-10,12-13,19,33-34H,4,7-8,11,14-15H2,1-3H3/t19-/m1/s1/i4D2,5D,6D,7D2,8D2,12D,14D2,19D. The Morgan fingerprint density at radius 2 is 2.00 bits per heavy atom. The minimum Gasteiger partial charge on any atom is -0.395 e. The number of hydrogen-bond donors (Lipinski definition) is 2. The van der Waals surface area contributed by atoms with Gasteiger partial charge in [-0.25, -0.2) is 4.39 Å². The molecule has 5 rings (SSSR count). The van der Waals surface area contributed by atoms with E-state index in [4.69, 9.17) is 16.4 Å². The molecule has 0 radical (unpaired) electrons. The van der Waals surface area contributed by atoms with Gasteiger partial charge in [-0.15, -0.1) is 8.78 Å². The fourth-order valence-electron chi connectivity index (χ4n) is 4.03. The summed E-state index contributed by atoms with van der Waals surface area (Å²) in [6.07, 6.45) is -17.3. The molecule has 37 heavy (non-hydrogen) atoms. The first-order chi connectivity index (χ1) is 22.0. The number of ketones is 1. The summed E-state index contributed by atoms with van der Waals surface area (Å²) in [7, 11) is 0. The number of nitrogens with zero attached hydrogens (tertiary/aromatic N) is 1. The lowest BCUT2D eigenvalue weighted by atomic mass is 9.86. The van der Waals surface area contributed by atoms with Crippen LogP contribution in [0.4, 0.5) is 13.2 Å². The van der Waals surface area contributed by atoms with E-state index in [-0.39, 0.29) is 16.6 Å². The summed E-state index contributed by atoms with van der Waals surface area (Å²) in [4.78, 5) is 14.1. The normalized spacial score (nSPS) is 27.4. The molecule has 0 amide bonds. The average Bonchev–Trinajstić information content (AvgIpc) is 3.31. The predicted octanol–water partition coefficient (Wildman–Crippen LogP) is 4.99. The third kappa shape index (κ3) is 4.48.